The van der Waals surface area contributed by atoms with E-state index in [2.05, 4.69) is 18.5 Å². The Kier molecular flexibility index (Phi) is 8.24. The Hall–Kier alpha value is -0.220. The highest BCUT2D eigenvalue weighted by molar-refractivity contribution is 7.98. The van der Waals surface area contributed by atoms with Crippen molar-refractivity contribution in [2.24, 2.45) is 0 Å². The summed E-state index contributed by atoms with van der Waals surface area (Å²) in [7, 11) is 0. The average Bonchev–Trinajstić information content (AvgIpc) is 2.10. The minimum atomic E-state index is -0.709. The second-order valence-corrected chi connectivity index (χ2v) is 3.92. The summed E-state index contributed by atoms with van der Waals surface area (Å²) in [5, 5.41) is 11.7. The number of hydrogen-bond donors (Lipinski definition) is 2. The minimum Gasteiger partial charge on any atom is -0.481 e. The Bertz CT molecular complexity index is 142. The summed E-state index contributed by atoms with van der Waals surface area (Å²) in [4.78, 5) is 10.2. The van der Waals surface area contributed by atoms with Crippen LogP contribution in [-0.2, 0) is 4.79 Å². The summed E-state index contributed by atoms with van der Waals surface area (Å²) >= 11 is 1.82. The lowest BCUT2D eigenvalue weighted by atomic mass is 10.2. The van der Waals surface area contributed by atoms with Gasteiger partial charge < -0.3 is 10.4 Å². The van der Waals surface area contributed by atoms with Gasteiger partial charge >= 0.3 is 5.97 Å². The molecule has 0 fully saturated rings. The van der Waals surface area contributed by atoms with Crippen molar-refractivity contribution in [2.45, 2.75) is 32.2 Å². The molecule has 0 bridgehead atoms. The maximum absolute atomic E-state index is 10.2. The lowest BCUT2D eigenvalue weighted by Crippen LogP contribution is -2.31. The molecule has 0 aliphatic heterocycles. The standard InChI is InChI=1S/C9H19NO2S/c1-3-8(7-13-2)10-6-4-5-9(11)12/h8,10H,3-7H2,1-2H3,(H,11,12). The van der Waals surface area contributed by atoms with E-state index in [1.807, 2.05) is 11.8 Å². The van der Waals surface area contributed by atoms with E-state index in [4.69, 9.17) is 5.11 Å². The zero-order chi connectivity index (χ0) is 10.1. The van der Waals surface area contributed by atoms with E-state index in [0.717, 1.165) is 25.1 Å². The molecule has 0 saturated heterocycles. The molecular weight excluding hydrogens is 186 g/mol. The summed E-state index contributed by atoms with van der Waals surface area (Å²) in [6, 6.07) is 0.531. The Balaban J connectivity index is 3.32. The summed E-state index contributed by atoms with van der Waals surface area (Å²) in [6.07, 6.45) is 4.18. The van der Waals surface area contributed by atoms with Crippen LogP contribution in [0.25, 0.3) is 0 Å². The molecule has 0 spiro atoms. The summed E-state index contributed by atoms with van der Waals surface area (Å²) in [5.41, 5.74) is 0. The maximum atomic E-state index is 10.2. The third-order valence-corrected chi connectivity index (χ3v) is 2.60. The minimum absolute atomic E-state index is 0.267. The highest BCUT2D eigenvalue weighted by Crippen LogP contribution is 2.01. The molecule has 0 amide bonds. The molecule has 78 valence electrons. The molecule has 0 aromatic carbocycles. The Morgan fingerprint density at radius 2 is 2.31 bits per heavy atom. The van der Waals surface area contributed by atoms with E-state index in [0.29, 0.717) is 6.04 Å². The van der Waals surface area contributed by atoms with Crippen molar-refractivity contribution in [2.75, 3.05) is 18.6 Å². The molecule has 0 radical (unpaired) electrons. The molecule has 1 unspecified atom stereocenters. The largest absolute Gasteiger partial charge is 0.481 e. The van der Waals surface area contributed by atoms with Gasteiger partial charge in [-0.05, 0) is 25.6 Å². The van der Waals surface area contributed by atoms with E-state index in [1.165, 1.54) is 0 Å². The van der Waals surface area contributed by atoms with Crippen molar-refractivity contribution < 1.29 is 9.90 Å². The summed E-state index contributed by atoms with van der Waals surface area (Å²) < 4.78 is 0. The van der Waals surface area contributed by atoms with Crippen LogP contribution in [-0.4, -0.2) is 35.7 Å². The molecule has 4 heteroatoms. The van der Waals surface area contributed by atoms with Crippen molar-refractivity contribution in [3.8, 4) is 0 Å². The van der Waals surface area contributed by atoms with Gasteiger partial charge in [0.2, 0.25) is 0 Å². The van der Waals surface area contributed by atoms with Gasteiger partial charge in [0.25, 0.3) is 0 Å². The van der Waals surface area contributed by atoms with Crippen molar-refractivity contribution in [3.05, 3.63) is 0 Å². The van der Waals surface area contributed by atoms with E-state index < -0.39 is 5.97 Å². The molecule has 2 N–H and O–H groups in total. The Morgan fingerprint density at radius 1 is 1.62 bits per heavy atom. The van der Waals surface area contributed by atoms with E-state index >= 15 is 0 Å². The second kappa shape index (κ2) is 8.38. The molecule has 13 heavy (non-hydrogen) atoms. The van der Waals surface area contributed by atoms with Crippen LogP contribution >= 0.6 is 11.8 Å². The van der Waals surface area contributed by atoms with Crippen LogP contribution in [0.4, 0.5) is 0 Å². The van der Waals surface area contributed by atoms with E-state index in [9.17, 15) is 4.79 Å². The smallest absolute Gasteiger partial charge is 0.303 e. The topological polar surface area (TPSA) is 49.3 Å². The molecule has 0 aliphatic carbocycles. The quantitative estimate of drug-likeness (QED) is 0.591. The van der Waals surface area contributed by atoms with E-state index in [-0.39, 0.29) is 6.42 Å². The number of carboxylic acid groups (broad SMARTS) is 1. The van der Waals surface area contributed by atoms with Gasteiger partial charge in [0.1, 0.15) is 0 Å². The Labute approximate surface area is 84.3 Å². The van der Waals surface area contributed by atoms with Gasteiger partial charge in [-0.15, -0.1) is 0 Å². The number of thioether (sulfide) groups is 1. The van der Waals surface area contributed by atoms with Gasteiger partial charge in [-0.25, -0.2) is 0 Å². The average molecular weight is 205 g/mol. The second-order valence-electron chi connectivity index (χ2n) is 3.01. The van der Waals surface area contributed by atoms with Crippen LogP contribution < -0.4 is 5.32 Å². The van der Waals surface area contributed by atoms with Crippen molar-refractivity contribution in [1.82, 2.24) is 5.32 Å². The first kappa shape index (κ1) is 12.8. The van der Waals surface area contributed by atoms with Gasteiger partial charge in [0.05, 0.1) is 0 Å². The van der Waals surface area contributed by atoms with Crippen LogP contribution in [0.1, 0.15) is 26.2 Å². The van der Waals surface area contributed by atoms with Crippen LogP contribution in [0.3, 0.4) is 0 Å². The van der Waals surface area contributed by atoms with E-state index in [1.54, 1.807) is 0 Å². The third-order valence-electron chi connectivity index (χ3n) is 1.86. The van der Waals surface area contributed by atoms with Crippen molar-refractivity contribution >= 4 is 17.7 Å². The zero-order valence-corrected chi connectivity index (χ0v) is 9.19. The summed E-state index contributed by atoms with van der Waals surface area (Å²) in [6.45, 7) is 2.95. The first-order valence-electron chi connectivity index (χ1n) is 4.64. The van der Waals surface area contributed by atoms with Crippen molar-refractivity contribution in [3.63, 3.8) is 0 Å². The molecule has 0 aromatic rings. The molecule has 0 aromatic heterocycles. The SMILES string of the molecule is CCC(CSC)NCCCC(=O)O. The molecular formula is C9H19NO2S. The lowest BCUT2D eigenvalue weighted by Gasteiger charge is -2.14. The third kappa shape index (κ3) is 8.12. The van der Waals surface area contributed by atoms with Gasteiger partial charge in [0.15, 0.2) is 0 Å². The molecule has 0 aliphatic rings. The highest BCUT2D eigenvalue weighted by atomic mass is 32.2. The van der Waals surface area contributed by atoms with Gasteiger partial charge in [-0.2, -0.15) is 11.8 Å². The number of nitrogens with one attached hydrogen (secondary N) is 1. The molecule has 0 heterocycles. The fourth-order valence-corrected chi connectivity index (χ4v) is 1.82. The van der Waals surface area contributed by atoms with Gasteiger partial charge in [0, 0.05) is 18.2 Å². The normalized spacial score (nSPS) is 12.8. The number of carbonyl (C=O) groups is 1. The number of rotatable bonds is 8. The monoisotopic (exact) mass is 205 g/mol. The fourth-order valence-electron chi connectivity index (χ4n) is 1.07. The number of aliphatic carboxylic acids is 1. The zero-order valence-electron chi connectivity index (χ0n) is 8.38. The van der Waals surface area contributed by atoms with Gasteiger partial charge in [-0.3, -0.25) is 4.79 Å². The number of hydrogen-bond acceptors (Lipinski definition) is 3. The van der Waals surface area contributed by atoms with Gasteiger partial charge in [-0.1, -0.05) is 6.92 Å². The number of carboxylic acids is 1. The van der Waals surface area contributed by atoms with Crippen LogP contribution in [0.15, 0.2) is 0 Å². The lowest BCUT2D eigenvalue weighted by molar-refractivity contribution is -0.137. The van der Waals surface area contributed by atoms with Crippen LogP contribution in [0.5, 0.6) is 0 Å². The maximum Gasteiger partial charge on any atom is 0.303 e. The first-order chi connectivity index (χ1) is 6.20. The van der Waals surface area contributed by atoms with Crippen LogP contribution in [0, 0.1) is 0 Å². The Morgan fingerprint density at radius 3 is 2.77 bits per heavy atom. The molecule has 0 saturated carbocycles. The highest BCUT2D eigenvalue weighted by Gasteiger charge is 2.03. The predicted molar refractivity (Wildman–Crippen MR) is 57.3 cm³/mol. The van der Waals surface area contributed by atoms with Crippen LogP contribution in [0.2, 0.25) is 0 Å². The first-order valence-corrected chi connectivity index (χ1v) is 6.04. The molecule has 3 nitrogen and oxygen atoms in total. The molecule has 1 atom stereocenters. The van der Waals surface area contributed by atoms with Crippen molar-refractivity contribution in [1.29, 1.82) is 0 Å². The fraction of sp³-hybridized carbons (Fsp3) is 0.889. The molecule has 0 rings (SSSR count). The summed E-state index contributed by atoms with van der Waals surface area (Å²) in [5.74, 6) is 0.392. The predicted octanol–water partition coefficient (Wildman–Crippen LogP) is 1.58.